The average molecular weight is 467 g/mol. The van der Waals surface area contributed by atoms with E-state index in [1.807, 2.05) is 30.3 Å². The second-order valence-electron chi connectivity index (χ2n) is 8.04. The van der Waals surface area contributed by atoms with Crippen LogP contribution < -0.4 is 16.2 Å². The number of carbonyl (C=O) groups excluding carboxylic acids is 3. The van der Waals surface area contributed by atoms with Gasteiger partial charge >= 0.3 is 12.1 Å². The Bertz CT molecular complexity index is 1050. The standard InChI is InChI=1S/C23H25N5O6/c29-20(25-26-21(30)19(24-22(31)32)16-9-5-2-6-10-16)18-12-11-17-13-27(18)23(33)28(17)34-14-15-7-3-1-4-8-15/h1-10,17-19,24H,11-14H2,(H,25,29)(H,26,30)(H,31,32)/t17-,18+,19?/m1/s1. The van der Waals surface area contributed by atoms with Crippen LogP contribution in [0.25, 0.3) is 0 Å². The quantitative estimate of drug-likeness (QED) is 0.456. The Morgan fingerprint density at radius 1 is 1.00 bits per heavy atom. The molecule has 2 heterocycles. The van der Waals surface area contributed by atoms with Crippen LogP contribution in [0.15, 0.2) is 60.7 Å². The molecule has 0 aliphatic carbocycles. The molecule has 0 radical (unpaired) electrons. The van der Waals surface area contributed by atoms with Gasteiger partial charge in [-0.15, -0.1) is 0 Å². The molecule has 178 valence electrons. The SMILES string of the molecule is O=C(O)NC(C(=O)NNC(=O)[C@@H]1CC[C@@H]2CN1C(=O)N2OCc1ccccc1)c1ccccc1. The number of amides is 5. The maximum Gasteiger partial charge on any atom is 0.405 e. The molecule has 2 aromatic rings. The molecular weight excluding hydrogens is 442 g/mol. The first kappa shape index (κ1) is 23.1. The highest BCUT2D eigenvalue weighted by Gasteiger charge is 2.48. The molecule has 2 aliphatic heterocycles. The van der Waals surface area contributed by atoms with E-state index >= 15 is 0 Å². The summed E-state index contributed by atoms with van der Waals surface area (Å²) >= 11 is 0. The summed E-state index contributed by atoms with van der Waals surface area (Å²) in [6.45, 7) is 0.578. The fourth-order valence-corrected chi connectivity index (χ4v) is 4.14. The van der Waals surface area contributed by atoms with Crippen molar-refractivity contribution in [3.8, 4) is 0 Å². The Morgan fingerprint density at radius 3 is 2.35 bits per heavy atom. The second kappa shape index (κ2) is 10.2. The van der Waals surface area contributed by atoms with Crippen molar-refractivity contribution >= 4 is 23.9 Å². The number of nitrogens with one attached hydrogen (secondary N) is 3. The highest BCUT2D eigenvalue weighted by Crippen LogP contribution is 2.30. The van der Waals surface area contributed by atoms with Gasteiger partial charge in [-0.05, 0) is 24.0 Å². The number of urea groups is 1. The second-order valence-corrected chi connectivity index (χ2v) is 8.04. The molecule has 0 saturated carbocycles. The molecule has 34 heavy (non-hydrogen) atoms. The van der Waals surface area contributed by atoms with Crippen LogP contribution in [-0.2, 0) is 21.0 Å². The molecule has 2 aromatic carbocycles. The van der Waals surface area contributed by atoms with Gasteiger partial charge in [-0.25, -0.2) is 9.59 Å². The molecule has 11 heteroatoms. The minimum Gasteiger partial charge on any atom is -0.465 e. The monoisotopic (exact) mass is 467 g/mol. The predicted molar refractivity (Wildman–Crippen MR) is 119 cm³/mol. The third-order valence-electron chi connectivity index (χ3n) is 5.81. The number of hydrogen-bond acceptors (Lipinski definition) is 5. The lowest BCUT2D eigenvalue weighted by Crippen LogP contribution is -2.55. The van der Waals surface area contributed by atoms with Crippen molar-refractivity contribution < 1.29 is 29.1 Å². The summed E-state index contributed by atoms with van der Waals surface area (Å²) in [5, 5.41) is 12.5. The molecule has 2 saturated heterocycles. The molecule has 5 amide bonds. The van der Waals surface area contributed by atoms with Gasteiger partial charge in [0.05, 0.1) is 6.04 Å². The van der Waals surface area contributed by atoms with Gasteiger partial charge in [-0.2, -0.15) is 5.06 Å². The van der Waals surface area contributed by atoms with Gasteiger partial charge in [0.1, 0.15) is 18.7 Å². The summed E-state index contributed by atoms with van der Waals surface area (Å²) in [7, 11) is 0. The van der Waals surface area contributed by atoms with E-state index in [2.05, 4.69) is 16.2 Å². The summed E-state index contributed by atoms with van der Waals surface area (Å²) in [4.78, 5) is 56.5. The number of hydrogen-bond donors (Lipinski definition) is 4. The number of piperidine rings is 1. The Balaban J connectivity index is 1.34. The number of benzene rings is 2. The van der Waals surface area contributed by atoms with Crippen molar-refractivity contribution in [2.75, 3.05) is 6.54 Å². The van der Waals surface area contributed by atoms with Crippen molar-refractivity contribution in [3.63, 3.8) is 0 Å². The third kappa shape index (κ3) is 5.09. The van der Waals surface area contributed by atoms with Crippen molar-refractivity contribution in [2.45, 2.75) is 37.6 Å². The predicted octanol–water partition coefficient (Wildman–Crippen LogP) is 1.54. The van der Waals surface area contributed by atoms with E-state index in [1.165, 1.54) is 9.96 Å². The first-order valence-electron chi connectivity index (χ1n) is 10.8. The van der Waals surface area contributed by atoms with E-state index in [9.17, 15) is 19.2 Å². The van der Waals surface area contributed by atoms with Crippen LogP contribution in [0.3, 0.4) is 0 Å². The molecule has 11 nitrogen and oxygen atoms in total. The molecule has 2 aliphatic rings. The molecule has 3 atom stereocenters. The van der Waals surface area contributed by atoms with E-state index in [0.717, 1.165) is 5.56 Å². The zero-order valence-corrected chi connectivity index (χ0v) is 18.2. The van der Waals surface area contributed by atoms with E-state index in [0.29, 0.717) is 24.9 Å². The molecule has 0 spiro atoms. The Morgan fingerprint density at radius 2 is 1.68 bits per heavy atom. The molecule has 4 N–H and O–H groups in total. The van der Waals surface area contributed by atoms with Gasteiger partial charge in [-0.3, -0.25) is 25.3 Å². The summed E-state index contributed by atoms with van der Waals surface area (Å²) in [6, 6.07) is 15.2. The summed E-state index contributed by atoms with van der Waals surface area (Å²) in [6.07, 6.45) is -0.415. The van der Waals surface area contributed by atoms with E-state index < -0.39 is 36.0 Å². The Hall–Kier alpha value is -4.12. The number of hydrazine groups is 1. The van der Waals surface area contributed by atoms with E-state index in [-0.39, 0.29) is 12.6 Å². The lowest BCUT2D eigenvalue weighted by Gasteiger charge is -2.29. The fourth-order valence-electron chi connectivity index (χ4n) is 4.14. The minimum atomic E-state index is -1.38. The largest absolute Gasteiger partial charge is 0.465 e. The zero-order chi connectivity index (χ0) is 24.1. The zero-order valence-electron chi connectivity index (χ0n) is 18.2. The molecule has 2 bridgehead atoms. The Kier molecular flexibility index (Phi) is 6.93. The third-order valence-corrected chi connectivity index (χ3v) is 5.81. The topological polar surface area (TPSA) is 140 Å². The molecular formula is C23H25N5O6. The number of nitrogens with zero attached hydrogens (tertiary/aromatic N) is 2. The van der Waals surface area contributed by atoms with Crippen LogP contribution >= 0.6 is 0 Å². The number of carbonyl (C=O) groups is 4. The lowest BCUT2D eigenvalue weighted by atomic mass is 10.0. The van der Waals surface area contributed by atoms with Crippen LogP contribution in [0, 0.1) is 0 Å². The smallest absolute Gasteiger partial charge is 0.405 e. The number of hydroxylamine groups is 2. The molecule has 2 fully saturated rings. The van der Waals surface area contributed by atoms with Crippen molar-refractivity contribution in [2.24, 2.45) is 0 Å². The van der Waals surface area contributed by atoms with Crippen molar-refractivity contribution in [1.29, 1.82) is 0 Å². The average Bonchev–Trinajstić information content (AvgIpc) is 3.09. The summed E-state index contributed by atoms with van der Waals surface area (Å²) in [5.41, 5.74) is 5.93. The highest BCUT2D eigenvalue weighted by molar-refractivity contribution is 5.92. The summed E-state index contributed by atoms with van der Waals surface area (Å²) in [5.74, 6) is -1.32. The maximum absolute atomic E-state index is 12.9. The van der Waals surface area contributed by atoms with Crippen molar-refractivity contribution in [3.05, 3.63) is 71.8 Å². The molecule has 4 rings (SSSR count). The minimum absolute atomic E-state index is 0.155. The normalized spacial score (nSPS) is 19.9. The number of carboxylic acid groups (broad SMARTS) is 1. The summed E-state index contributed by atoms with van der Waals surface area (Å²) < 4.78 is 0. The van der Waals surface area contributed by atoms with Crippen molar-refractivity contribution in [1.82, 2.24) is 26.1 Å². The van der Waals surface area contributed by atoms with Crippen LogP contribution in [0.2, 0.25) is 0 Å². The van der Waals surface area contributed by atoms with Gasteiger partial charge in [-0.1, -0.05) is 60.7 Å². The van der Waals surface area contributed by atoms with Crippen LogP contribution in [0.4, 0.5) is 9.59 Å². The Labute approximate surface area is 195 Å². The van der Waals surface area contributed by atoms with Crippen LogP contribution in [0.5, 0.6) is 0 Å². The van der Waals surface area contributed by atoms with Gasteiger partial charge in [0.2, 0.25) is 0 Å². The van der Waals surface area contributed by atoms with Crippen LogP contribution in [0.1, 0.15) is 30.0 Å². The fraction of sp³-hybridized carbons (Fsp3) is 0.304. The van der Waals surface area contributed by atoms with Gasteiger partial charge in [0.15, 0.2) is 0 Å². The molecule has 0 aromatic heterocycles. The number of rotatable bonds is 7. The first-order chi connectivity index (χ1) is 16.4. The van der Waals surface area contributed by atoms with Gasteiger partial charge in [0, 0.05) is 6.54 Å². The van der Waals surface area contributed by atoms with E-state index in [4.69, 9.17) is 9.94 Å². The first-order valence-corrected chi connectivity index (χ1v) is 10.8. The van der Waals surface area contributed by atoms with Gasteiger partial charge < -0.3 is 15.3 Å². The maximum atomic E-state index is 12.9. The lowest BCUT2D eigenvalue weighted by molar-refractivity contribution is -0.140. The molecule has 1 unspecified atom stereocenters. The van der Waals surface area contributed by atoms with Crippen LogP contribution in [-0.4, -0.2) is 57.6 Å². The van der Waals surface area contributed by atoms with E-state index in [1.54, 1.807) is 30.3 Å². The van der Waals surface area contributed by atoms with Gasteiger partial charge in [0.25, 0.3) is 11.8 Å². The highest BCUT2D eigenvalue weighted by atomic mass is 16.7. The number of fused-ring (bicyclic) bond motifs is 2.